The van der Waals surface area contributed by atoms with Crippen molar-refractivity contribution in [2.75, 3.05) is 33.8 Å². The van der Waals surface area contributed by atoms with Crippen molar-refractivity contribution in [3.63, 3.8) is 0 Å². The zero-order chi connectivity index (χ0) is 25.4. The Kier molecular flexibility index (Phi) is 8.92. The second kappa shape index (κ2) is 12.1. The summed E-state index contributed by atoms with van der Waals surface area (Å²) in [6, 6.07) is 12.9. The summed E-state index contributed by atoms with van der Waals surface area (Å²) in [7, 11) is 6.25. The van der Waals surface area contributed by atoms with Crippen LogP contribution < -0.4 is 24.3 Å². The van der Waals surface area contributed by atoms with Gasteiger partial charge >= 0.3 is 0 Å². The van der Waals surface area contributed by atoms with E-state index in [0.717, 1.165) is 15.6 Å². The van der Waals surface area contributed by atoms with Crippen molar-refractivity contribution in [3.05, 3.63) is 87.8 Å². The highest BCUT2D eigenvalue weighted by molar-refractivity contribution is 9.10. The fraction of sp³-hybridized carbons (Fsp3) is 0.148. The first-order chi connectivity index (χ1) is 16.9. The van der Waals surface area contributed by atoms with Crippen LogP contribution in [0.5, 0.6) is 23.0 Å². The number of allylic oxidation sites excluding steroid dienone is 1. The highest BCUT2D eigenvalue weighted by Crippen LogP contribution is 2.39. The van der Waals surface area contributed by atoms with E-state index in [0.29, 0.717) is 34.2 Å². The van der Waals surface area contributed by atoms with E-state index < -0.39 is 5.82 Å². The Bertz CT molecular complexity index is 1230. The van der Waals surface area contributed by atoms with Crippen molar-refractivity contribution in [1.82, 2.24) is 0 Å². The summed E-state index contributed by atoms with van der Waals surface area (Å²) in [4.78, 5) is 12.3. The van der Waals surface area contributed by atoms with E-state index in [1.165, 1.54) is 36.5 Å². The largest absolute Gasteiger partial charge is 0.493 e. The number of nitrogens with one attached hydrogen (secondary N) is 1. The van der Waals surface area contributed by atoms with E-state index in [-0.39, 0.29) is 5.78 Å². The molecule has 6 nitrogen and oxygen atoms in total. The summed E-state index contributed by atoms with van der Waals surface area (Å²) in [5, 5.41) is 3.09. The highest BCUT2D eigenvalue weighted by Gasteiger charge is 2.13. The van der Waals surface area contributed by atoms with E-state index >= 15 is 0 Å². The molecule has 0 fully saturated rings. The molecule has 3 aromatic rings. The standard InChI is InChI=1S/C27H25BrFNO5/c1-32-24-15-18(16-25(33-2)27(24)35-4)6-5-17-13-21(28)26(34-3)22(14-17)30-12-11-23(31)19-7-9-20(29)10-8-19/h5-16,30H,1-4H3. The normalized spacial score (nSPS) is 11.0. The van der Waals surface area contributed by atoms with E-state index in [1.807, 2.05) is 36.4 Å². The monoisotopic (exact) mass is 541 g/mol. The fourth-order valence-corrected chi connectivity index (χ4v) is 3.97. The molecular formula is C27H25BrFNO5. The number of methoxy groups -OCH3 is 4. The zero-order valence-corrected chi connectivity index (χ0v) is 21.3. The van der Waals surface area contributed by atoms with Crippen LogP contribution in [0.3, 0.4) is 0 Å². The summed E-state index contributed by atoms with van der Waals surface area (Å²) in [5.41, 5.74) is 2.76. The lowest BCUT2D eigenvalue weighted by atomic mass is 10.1. The minimum absolute atomic E-state index is 0.256. The number of anilines is 1. The molecule has 35 heavy (non-hydrogen) atoms. The summed E-state index contributed by atoms with van der Waals surface area (Å²) in [5.74, 6) is 1.56. The molecule has 8 heteroatoms. The van der Waals surface area contributed by atoms with Crippen LogP contribution in [0.1, 0.15) is 21.5 Å². The first kappa shape index (κ1) is 25.8. The lowest BCUT2D eigenvalue weighted by Gasteiger charge is -2.13. The molecule has 182 valence electrons. The Labute approximate surface area is 212 Å². The molecule has 0 unspecified atom stereocenters. The molecular weight excluding hydrogens is 517 g/mol. The number of hydrogen-bond acceptors (Lipinski definition) is 6. The van der Waals surface area contributed by atoms with Gasteiger partial charge in [0, 0.05) is 17.8 Å². The van der Waals surface area contributed by atoms with Gasteiger partial charge in [-0.1, -0.05) is 12.2 Å². The van der Waals surface area contributed by atoms with Gasteiger partial charge in [0.1, 0.15) is 5.82 Å². The van der Waals surface area contributed by atoms with E-state index in [2.05, 4.69) is 21.2 Å². The molecule has 3 aromatic carbocycles. The number of rotatable bonds is 10. The van der Waals surface area contributed by atoms with Crippen molar-refractivity contribution < 1.29 is 28.1 Å². The summed E-state index contributed by atoms with van der Waals surface area (Å²) in [6.45, 7) is 0. The molecule has 3 rings (SSSR count). The van der Waals surface area contributed by atoms with Crippen LogP contribution in [-0.2, 0) is 0 Å². The van der Waals surface area contributed by atoms with Crippen molar-refractivity contribution in [2.24, 2.45) is 0 Å². The summed E-state index contributed by atoms with van der Waals surface area (Å²) in [6.07, 6.45) is 6.72. The van der Waals surface area contributed by atoms with Crippen molar-refractivity contribution in [2.45, 2.75) is 0 Å². The average Bonchev–Trinajstić information content (AvgIpc) is 2.86. The van der Waals surface area contributed by atoms with Crippen molar-refractivity contribution in [3.8, 4) is 23.0 Å². The maximum absolute atomic E-state index is 13.1. The molecule has 0 aliphatic carbocycles. The van der Waals surface area contributed by atoms with Gasteiger partial charge in [-0.05, 0) is 75.6 Å². The van der Waals surface area contributed by atoms with Gasteiger partial charge in [-0.25, -0.2) is 4.39 Å². The number of carbonyl (C=O) groups excluding carboxylic acids is 1. The van der Waals surface area contributed by atoms with Crippen LogP contribution in [0.4, 0.5) is 10.1 Å². The molecule has 0 amide bonds. The third-order valence-electron chi connectivity index (χ3n) is 5.03. The predicted octanol–water partition coefficient (Wildman–Crippen LogP) is 6.60. The number of benzene rings is 3. The lowest BCUT2D eigenvalue weighted by Crippen LogP contribution is -1.98. The minimum Gasteiger partial charge on any atom is -0.493 e. The first-order valence-electron chi connectivity index (χ1n) is 10.5. The molecule has 0 saturated heterocycles. The average molecular weight is 542 g/mol. The maximum Gasteiger partial charge on any atom is 0.203 e. The summed E-state index contributed by atoms with van der Waals surface area (Å²) < 4.78 is 35.5. The minimum atomic E-state index is -0.394. The topological polar surface area (TPSA) is 66.0 Å². The molecule has 0 atom stereocenters. The van der Waals surface area contributed by atoms with Crippen molar-refractivity contribution >= 4 is 39.6 Å². The Morgan fingerprint density at radius 3 is 1.94 bits per heavy atom. The van der Waals surface area contributed by atoms with Gasteiger partial charge < -0.3 is 24.3 Å². The van der Waals surface area contributed by atoms with E-state index in [9.17, 15) is 9.18 Å². The van der Waals surface area contributed by atoms with Gasteiger partial charge in [-0.3, -0.25) is 4.79 Å². The molecule has 1 N–H and O–H groups in total. The van der Waals surface area contributed by atoms with E-state index in [4.69, 9.17) is 18.9 Å². The van der Waals surface area contributed by atoms with Gasteiger partial charge in [0.15, 0.2) is 23.0 Å². The molecule has 0 aromatic heterocycles. The molecule has 0 heterocycles. The van der Waals surface area contributed by atoms with Gasteiger partial charge in [0.25, 0.3) is 0 Å². The Morgan fingerprint density at radius 2 is 1.40 bits per heavy atom. The maximum atomic E-state index is 13.1. The number of ketones is 1. The third-order valence-corrected chi connectivity index (χ3v) is 5.62. The predicted molar refractivity (Wildman–Crippen MR) is 139 cm³/mol. The molecule has 0 aliphatic rings. The quantitative estimate of drug-likeness (QED) is 0.177. The molecule has 0 aliphatic heterocycles. The van der Waals surface area contributed by atoms with Gasteiger partial charge in [-0.15, -0.1) is 0 Å². The molecule has 0 bridgehead atoms. The molecule has 0 spiro atoms. The first-order valence-corrected chi connectivity index (χ1v) is 11.3. The zero-order valence-electron chi connectivity index (χ0n) is 19.7. The molecule has 0 radical (unpaired) electrons. The van der Waals surface area contributed by atoms with Gasteiger partial charge in [0.05, 0.1) is 38.6 Å². The fourth-order valence-electron chi connectivity index (χ4n) is 3.33. The van der Waals surface area contributed by atoms with Crippen LogP contribution in [0.2, 0.25) is 0 Å². The van der Waals surface area contributed by atoms with Crippen LogP contribution in [0, 0.1) is 5.82 Å². The Hall–Kier alpha value is -3.78. The van der Waals surface area contributed by atoms with Crippen LogP contribution >= 0.6 is 15.9 Å². The second-order valence-corrected chi connectivity index (χ2v) is 8.08. The summed E-state index contributed by atoms with van der Waals surface area (Å²) >= 11 is 3.53. The van der Waals surface area contributed by atoms with Gasteiger partial charge in [-0.2, -0.15) is 0 Å². The van der Waals surface area contributed by atoms with Crippen LogP contribution in [0.25, 0.3) is 12.2 Å². The SMILES string of the molecule is COc1cc(C=Cc2cc(Br)c(OC)c(NC=CC(=O)c3ccc(F)cc3)c2)cc(OC)c1OC. The Balaban J connectivity index is 1.85. The third kappa shape index (κ3) is 6.42. The van der Waals surface area contributed by atoms with Crippen LogP contribution in [0.15, 0.2) is 65.3 Å². The molecule has 0 saturated carbocycles. The smallest absolute Gasteiger partial charge is 0.203 e. The lowest BCUT2D eigenvalue weighted by molar-refractivity contribution is 0.104. The Morgan fingerprint density at radius 1 is 0.829 bits per heavy atom. The number of ether oxygens (including phenoxy) is 4. The van der Waals surface area contributed by atoms with E-state index in [1.54, 1.807) is 28.4 Å². The van der Waals surface area contributed by atoms with Gasteiger partial charge in [0.2, 0.25) is 5.75 Å². The van der Waals surface area contributed by atoms with Crippen LogP contribution in [-0.4, -0.2) is 34.2 Å². The van der Waals surface area contributed by atoms with Crippen molar-refractivity contribution in [1.29, 1.82) is 0 Å². The number of carbonyl (C=O) groups is 1. The highest BCUT2D eigenvalue weighted by atomic mass is 79.9. The number of halogens is 2. The number of hydrogen-bond donors (Lipinski definition) is 1. The second-order valence-electron chi connectivity index (χ2n) is 7.22.